The molecule has 0 atom stereocenters. The molecule has 0 aliphatic carbocycles. The zero-order valence-corrected chi connectivity index (χ0v) is 11.1. The zero-order valence-electron chi connectivity index (χ0n) is 8.97. The van der Waals surface area contributed by atoms with Crippen LogP contribution in [-0.2, 0) is 0 Å². The minimum absolute atomic E-state index is 0.107. The summed E-state index contributed by atoms with van der Waals surface area (Å²) in [7, 11) is 0. The van der Waals surface area contributed by atoms with Crippen molar-refractivity contribution in [2.75, 3.05) is 0 Å². The van der Waals surface area contributed by atoms with Gasteiger partial charge in [-0.2, -0.15) is 4.39 Å². The van der Waals surface area contributed by atoms with Crippen LogP contribution in [0.5, 0.6) is 11.5 Å². The number of nitro benzene ring substituents is 1. The highest BCUT2D eigenvalue weighted by Crippen LogP contribution is 2.34. The molecule has 0 aromatic heterocycles. The summed E-state index contributed by atoms with van der Waals surface area (Å²) in [4.78, 5) is 10.0. The molecule has 0 fully saturated rings. The summed E-state index contributed by atoms with van der Waals surface area (Å²) in [5.74, 6) is -0.570. The number of hydrogen-bond donors (Lipinski definition) is 0. The van der Waals surface area contributed by atoms with Gasteiger partial charge in [0.15, 0.2) is 0 Å². The highest BCUT2D eigenvalue weighted by atomic mass is 127. The van der Waals surface area contributed by atoms with E-state index in [4.69, 9.17) is 4.74 Å². The quantitative estimate of drug-likeness (QED) is 0.470. The van der Waals surface area contributed by atoms with Gasteiger partial charge in [0.1, 0.15) is 5.75 Å². The summed E-state index contributed by atoms with van der Waals surface area (Å²) >= 11 is 2.04. The Morgan fingerprint density at radius 2 is 1.78 bits per heavy atom. The lowest BCUT2D eigenvalue weighted by atomic mass is 10.3. The van der Waals surface area contributed by atoms with E-state index in [9.17, 15) is 14.5 Å². The Hall–Kier alpha value is -1.70. The van der Waals surface area contributed by atoms with Crippen LogP contribution in [0.1, 0.15) is 0 Å². The van der Waals surface area contributed by atoms with Gasteiger partial charge in [-0.25, -0.2) is 0 Å². The fraction of sp³-hybridized carbons (Fsp3) is 0. The van der Waals surface area contributed by atoms with Gasteiger partial charge in [-0.3, -0.25) is 10.1 Å². The number of rotatable bonds is 3. The second-order valence-corrected chi connectivity index (χ2v) is 4.54. The molecular formula is C12H7FINO3. The molecule has 0 aliphatic heterocycles. The Bertz CT molecular complexity index is 604. The Labute approximate surface area is 116 Å². The van der Waals surface area contributed by atoms with Crippen LogP contribution >= 0.6 is 22.6 Å². The van der Waals surface area contributed by atoms with Crippen LogP contribution in [0.4, 0.5) is 10.1 Å². The van der Waals surface area contributed by atoms with Gasteiger partial charge in [-0.1, -0.05) is 18.2 Å². The third kappa shape index (κ3) is 2.58. The van der Waals surface area contributed by atoms with E-state index < -0.39 is 16.4 Å². The van der Waals surface area contributed by atoms with E-state index >= 15 is 0 Å². The maximum atomic E-state index is 13.4. The first kappa shape index (κ1) is 12.7. The third-order valence-electron chi connectivity index (χ3n) is 2.19. The molecule has 0 radical (unpaired) electrons. The number of nitrogens with zero attached hydrogens (tertiary/aromatic N) is 1. The SMILES string of the molecule is O=[N+]([O-])c1c(F)cccc1Oc1ccccc1I. The van der Waals surface area contributed by atoms with Gasteiger partial charge in [0, 0.05) is 0 Å². The molecule has 0 N–H and O–H groups in total. The van der Waals surface area contributed by atoms with Crippen LogP contribution in [0.2, 0.25) is 0 Å². The number of ether oxygens (including phenoxy) is 1. The molecule has 0 unspecified atom stereocenters. The smallest absolute Gasteiger partial charge is 0.346 e. The van der Waals surface area contributed by atoms with Crippen molar-refractivity contribution in [1.29, 1.82) is 0 Å². The molecule has 0 heterocycles. The summed E-state index contributed by atoms with van der Waals surface area (Å²) in [6.45, 7) is 0. The highest BCUT2D eigenvalue weighted by Gasteiger charge is 2.22. The van der Waals surface area contributed by atoms with Gasteiger partial charge in [0.25, 0.3) is 0 Å². The first-order valence-corrected chi connectivity index (χ1v) is 6.03. The second-order valence-electron chi connectivity index (χ2n) is 3.38. The van der Waals surface area contributed by atoms with Gasteiger partial charge in [-0.05, 0) is 46.9 Å². The van der Waals surface area contributed by atoms with Crippen molar-refractivity contribution in [3.63, 3.8) is 0 Å². The Morgan fingerprint density at radius 3 is 2.44 bits per heavy atom. The monoisotopic (exact) mass is 359 g/mol. The maximum Gasteiger partial charge on any atom is 0.346 e. The number of hydrogen-bond acceptors (Lipinski definition) is 3. The molecule has 0 bridgehead atoms. The van der Waals surface area contributed by atoms with Crippen molar-refractivity contribution in [2.24, 2.45) is 0 Å². The molecule has 4 nitrogen and oxygen atoms in total. The van der Waals surface area contributed by atoms with E-state index in [-0.39, 0.29) is 5.75 Å². The summed E-state index contributed by atoms with van der Waals surface area (Å²) in [5, 5.41) is 10.8. The van der Waals surface area contributed by atoms with Crippen molar-refractivity contribution in [3.05, 3.63) is 62.0 Å². The van der Waals surface area contributed by atoms with E-state index in [1.165, 1.54) is 12.1 Å². The molecule has 0 aliphatic rings. The third-order valence-corrected chi connectivity index (χ3v) is 3.08. The van der Waals surface area contributed by atoms with E-state index in [0.29, 0.717) is 5.75 Å². The van der Waals surface area contributed by atoms with Crippen LogP contribution < -0.4 is 4.74 Å². The molecule has 0 spiro atoms. The first-order valence-electron chi connectivity index (χ1n) is 4.95. The van der Waals surface area contributed by atoms with Crippen molar-refractivity contribution < 1.29 is 14.1 Å². The molecule has 6 heteroatoms. The number of nitro groups is 1. The lowest BCUT2D eigenvalue weighted by Gasteiger charge is -2.07. The molecule has 2 aromatic rings. The summed E-state index contributed by atoms with van der Waals surface area (Å²) < 4.78 is 19.6. The summed E-state index contributed by atoms with van der Waals surface area (Å²) in [6, 6.07) is 10.8. The van der Waals surface area contributed by atoms with Crippen LogP contribution in [-0.4, -0.2) is 4.92 Å². The van der Waals surface area contributed by atoms with Crippen molar-refractivity contribution in [1.82, 2.24) is 0 Å². The molecular weight excluding hydrogens is 352 g/mol. The molecule has 2 rings (SSSR count). The van der Waals surface area contributed by atoms with Crippen LogP contribution in [0, 0.1) is 19.5 Å². The minimum Gasteiger partial charge on any atom is -0.449 e. The molecule has 92 valence electrons. The first-order chi connectivity index (χ1) is 8.59. The average Bonchev–Trinajstić information content (AvgIpc) is 2.31. The van der Waals surface area contributed by atoms with Crippen molar-refractivity contribution >= 4 is 28.3 Å². The lowest BCUT2D eigenvalue weighted by Crippen LogP contribution is -1.97. The van der Waals surface area contributed by atoms with Crippen molar-refractivity contribution in [2.45, 2.75) is 0 Å². The van der Waals surface area contributed by atoms with Gasteiger partial charge in [0.2, 0.25) is 11.6 Å². The molecule has 0 saturated heterocycles. The largest absolute Gasteiger partial charge is 0.449 e. The standard InChI is InChI=1S/C12H7FINO3/c13-8-4-3-7-11(12(8)15(16)17)18-10-6-2-1-5-9(10)14/h1-7H. The van der Waals surface area contributed by atoms with E-state index in [1.54, 1.807) is 18.2 Å². The second kappa shape index (κ2) is 5.30. The van der Waals surface area contributed by atoms with Gasteiger partial charge < -0.3 is 4.74 Å². The van der Waals surface area contributed by atoms with E-state index in [2.05, 4.69) is 0 Å². The normalized spacial score (nSPS) is 10.1. The number of para-hydroxylation sites is 2. The Balaban J connectivity index is 2.44. The molecule has 18 heavy (non-hydrogen) atoms. The number of halogens is 2. The van der Waals surface area contributed by atoms with Gasteiger partial charge in [-0.15, -0.1) is 0 Å². The fourth-order valence-corrected chi connectivity index (χ4v) is 1.90. The Kier molecular flexibility index (Phi) is 3.75. The fourth-order valence-electron chi connectivity index (χ4n) is 1.40. The van der Waals surface area contributed by atoms with Gasteiger partial charge in [0.05, 0.1) is 8.49 Å². The van der Waals surface area contributed by atoms with E-state index in [0.717, 1.165) is 9.64 Å². The average molecular weight is 359 g/mol. The van der Waals surface area contributed by atoms with Crippen LogP contribution in [0.25, 0.3) is 0 Å². The van der Waals surface area contributed by atoms with Crippen LogP contribution in [0.3, 0.4) is 0 Å². The highest BCUT2D eigenvalue weighted by molar-refractivity contribution is 14.1. The topological polar surface area (TPSA) is 52.4 Å². The molecule has 0 amide bonds. The lowest BCUT2D eigenvalue weighted by molar-refractivity contribution is -0.388. The predicted octanol–water partition coefficient (Wildman–Crippen LogP) is 4.13. The Morgan fingerprint density at radius 1 is 1.11 bits per heavy atom. The van der Waals surface area contributed by atoms with Crippen LogP contribution in [0.15, 0.2) is 42.5 Å². The minimum atomic E-state index is -0.913. The molecule has 0 saturated carbocycles. The predicted molar refractivity (Wildman–Crippen MR) is 72.3 cm³/mol. The van der Waals surface area contributed by atoms with Crippen molar-refractivity contribution in [3.8, 4) is 11.5 Å². The number of benzene rings is 2. The maximum absolute atomic E-state index is 13.4. The van der Waals surface area contributed by atoms with E-state index in [1.807, 2.05) is 28.7 Å². The van der Waals surface area contributed by atoms with Gasteiger partial charge >= 0.3 is 5.69 Å². The summed E-state index contributed by atoms with van der Waals surface area (Å²) in [6.07, 6.45) is 0. The zero-order chi connectivity index (χ0) is 13.1. The summed E-state index contributed by atoms with van der Waals surface area (Å²) in [5.41, 5.74) is -0.655. The molecule has 2 aromatic carbocycles.